The number of amides is 1. The largest absolute Gasteiger partial charge is 0.497 e. The van der Waals surface area contributed by atoms with E-state index in [2.05, 4.69) is 5.32 Å². The molecule has 0 unspecified atom stereocenters. The average molecular weight is 278 g/mol. The van der Waals surface area contributed by atoms with E-state index in [1.165, 1.54) is 0 Å². The third kappa shape index (κ3) is 3.42. The van der Waals surface area contributed by atoms with E-state index < -0.39 is 0 Å². The van der Waals surface area contributed by atoms with Crippen LogP contribution in [0.15, 0.2) is 18.2 Å². The van der Waals surface area contributed by atoms with Crippen molar-refractivity contribution in [2.45, 2.75) is 31.7 Å². The first kappa shape index (κ1) is 14.7. The molecule has 3 N–H and O–H groups in total. The number of benzene rings is 1. The lowest BCUT2D eigenvalue weighted by Crippen LogP contribution is -2.32. The van der Waals surface area contributed by atoms with Crippen molar-refractivity contribution in [2.24, 2.45) is 11.7 Å². The van der Waals surface area contributed by atoms with Gasteiger partial charge in [0.05, 0.1) is 19.9 Å². The zero-order valence-electron chi connectivity index (χ0n) is 12.0. The quantitative estimate of drug-likeness (QED) is 0.885. The molecular formula is C15H22N2O3. The normalized spacial score (nSPS) is 22.1. The van der Waals surface area contributed by atoms with Gasteiger partial charge in [0.2, 0.25) is 5.91 Å². The first-order valence-corrected chi connectivity index (χ1v) is 6.92. The van der Waals surface area contributed by atoms with Crippen molar-refractivity contribution < 1.29 is 14.3 Å². The van der Waals surface area contributed by atoms with Gasteiger partial charge in [0.1, 0.15) is 11.5 Å². The van der Waals surface area contributed by atoms with E-state index in [1.54, 1.807) is 32.4 Å². The molecule has 1 fully saturated rings. The Morgan fingerprint density at radius 2 is 1.90 bits per heavy atom. The van der Waals surface area contributed by atoms with Crippen molar-refractivity contribution in [1.82, 2.24) is 0 Å². The zero-order chi connectivity index (χ0) is 14.5. The van der Waals surface area contributed by atoms with E-state index in [1.807, 2.05) is 0 Å². The Hall–Kier alpha value is -1.75. The highest BCUT2D eigenvalue weighted by molar-refractivity contribution is 5.94. The summed E-state index contributed by atoms with van der Waals surface area (Å²) in [6.07, 6.45) is 3.53. The third-order valence-electron chi connectivity index (χ3n) is 3.81. The van der Waals surface area contributed by atoms with E-state index in [9.17, 15) is 4.79 Å². The fourth-order valence-corrected chi connectivity index (χ4v) is 2.52. The lowest BCUT2D eigenvalue weighted by atomic mass is 9.86. The van der Waals surface area contributed by atoms with Gasteiger partial charge >= 0.3 is 0 Å². The molecule has 0 aliphatic heterocycles. The van der Waals surface area contributed by atoms with Gasteiger partial charge in [0, 0.05) is 18.0 Å². The monoisotopic (exact) mass is 278 g/mol. The summed E-state index contributed by atoms with van der Waals surface area (Å²) in [4.78, 5) is 12.3. The summed E-state index contributed by atoms with van der Waals surface area (Å²) < 4.78 is 10.4. The number of anilines is 1. The number of carbonyl (C=O) groups excluding carboxylic acids is 1. The Morgan fingerprint density at radius 1 is 1.20 bits per heavy atom. The van der Waals surface area contributed by atoms with E-state index in [0.29, 0.717) is 17.2 Å². The van der Waals surface area contributed by atoms with Gasteiger partial charge in [-0.1, -0.05) is 0 Å². The number of ether oxygens (including phenoxy) is 2. The summed E-state index contributed by atoms with van der Waals surface area (Å²) >= 11 is 0. The van der Waals surface area contributed by atoms with Crippen LogP contribution in [0.1, 0.15) is 25.7 Å². The van der Waals surface area contributed by atoms with Crippen molar-refractivity contribution in [1.29, 1.82) is 0 Å². The second-order valence-corrected chi connectivity index (χ2v) is 5.17. The molecule has 0 bridgehead atoms. The topological polar surface area (TPSA) is 73.6 Å². The molecule has 0 radical (unpaired) electrons. The Kier molecular flexibility index (Phi) is 4.84. The molecule has 1 aromatic carbocycles. The number of hydrogen-bond donors (Lipinski definition) is 2. The summed E-state index contributed by atoms with van der Waals surface area (Å²) in [6.45, 7) is 0. The highest BCUT2D eigenvalue weighted by Crippen LogP contribution is 2.31. The van der Waals surface area contributed by atoms with E-state index in [-0.39, 0.29) is 17.9 Å². The molecule has 1 amide bonds. The number of rotatable bonds is 4. The summed E-state index contributed by atoms with van der Waals surface area (Å²) in [6, 6.07) is 5.60. The molecule has 1 aliphatic rings. The minimum absolute atomic E-state index is 0.0420. The van der Waals surface area contributed by atoms with Crippen molar-refractivity contribution in [3.05, 3.63) is 18.2 Å². The standard InChI is InChI=1S/C15H22N2O3/c1-19-12-7-8-13(14(9-12)20-2)17-15(18)10-3-5-11(16)6-4-10/h7-11H,3-6,16H2,1-2H3,(H,17,18). The van der Waals surface area contributed by atoms with Gasteiger partial charge in [-0.2, -0.15) is 0 Å². The maximum atomic E-state index is 12.3. The van der Waals surface area contributed by atoms with Gasteiger partial charge in [0.15, 0.2) is 0 Å². The zero-order valence-corrected chi connectivity index (χ0v) is 12.0. The van der Waals surface area contributed by atoms with Crippen LogP contribution in [-0.2, 0) is 4.79 Å². The van der Waals surface area contributed by atoms with Gasteiger partial charge in [0.25, 0.3) is 0 Å². The molecule has 0 saturated heterocycles. The highest BCUT2D eigenvalue weighted by atomic mass is 16.5. The first-order valence-electron chi connectivity index (χ1n) is 6.92. The molecule has 0 spiro atoms. The molecule has 110 valence electrons. The van der Waals surface area contributed by atoms with Crippen molar-refractivity contribution in [3.8, 4) is 11.5 Å². The molecule has 1 aromatic rings. The van der Waals surface area contributed by atoms with Gasteiger partial charge in [-0.05, 0) is 37.8 Å². The summed E-state index contributed by atoms with van der Waals surface area (Å²) in [5.74, 6) is 1.38. The number of hydrogen-bond acceptors (Lipinski definition) is 4. The molecular weight excluding hydrogens is 256 g/mol. The number of methoxy groups -OCH3 is 2. The fraction of sp³-hybridized carbons (Fsp3) is 0.533. The number of nitrogens with one attached hydrogen (secondary N) is 1. The number of carbonyl (C=O) groups is 1. The van der Waals surface area contributed by atoms with Gasteiger partial charge in [-0.25, -0.2) is 0 Å². The van der Waals surface area contributed by atoms with E-state index in [0.717, 1.165) is 25.7 Å². The molecule has 5 nitrogen and oxygen atoms in total. The van der Waals surface area contributed by atoms with Crippen molar-refractivity contribution >= 4 is 11.6 Å². The van der Waals surface area contributed by atoms with Gasteiger partial charge in [-0.15, -0.1) is 0 Å². The second-order valence-electron chi connectivity index (χ2n) is 5.17. The summed E-state index contributed by atoms with van der Waals surface area (Å²) in [5, 5.41) is 2.94. The van der Waals surface area contributed by atoms with Crippen molar-refractivity contribution in [2.75, 3.05) is 19.5 Å². The second kappa shape index (κ2) is 6.61. The summed E-state index contributed by atoms with van der Waals surface area (Å²) in [5.41, 5.74) is 6.54. The molecule has 0 heterocycles. The fourth-order valence-electron chi connectivity index (χ4n) is 2.52. The molecule has 2 rings (SSSR count). The lowest BCUT2D eigenvalue weighted by Gasteiger charge is -2.25. The predicted molar refractivity (Wildman–Crippen MR) is 78.1 cm³/mol. The smallest absolute Gasteiger partial charge is 0.227 e. The van der Waals surface area contributed by atoms with E-state index in [4.69, 9.17) is 15.2 Å². The van der Waals surface area contributed by atoms with Gasteiger partial charge in [-0.3, -0.25) is 4.79 Å². The number of nitrogens with two attached hydrogens (primary N) is 1. The van der Waals surface area contributed by atoms with Crippen LogP contribution < -0.4 is 20.5 Å². The van der Waals surface area contributed by atoms with Crippen LogP contribution in [0.5, 0.6) is 11.5 Å². The Morgan fingerprint density at radius 3 is 2.50 bits per heavy atom. The predicted octanol–water partition coefficient (Wildman–Crippen LogP) is 2.16. The molecule has 20 heavy (non-hydrogen) atoms. The molecule has 1 saturated carbocycles. The first-order chi connectivity index (χ1) is 9.63. The van der Waals surface area contributed by atoms with Crippen LogP contribution in [0, 0.1) is 5.92 Å². The van der Waals surface area contributed by atoms with Crippen LogP contribution in [0.3, 0.4) is 0 Å². The minimum atomic E-state index is 0.0420. The maximum Gasteiger partial charge on any atom is 0.227 e. The highest BCUT2D eigenvalue weighted by Gasteiger charge is 2.25. The van der Waals surface area contributed by atoms with Crippen LogP contribution in [-0.4, -0.2) is 26.2 Å². The van der Waals surface area contributed by atoms with Crippen LogP contribution in [0.4, 0.5) is 5.69 Å². The Bertz CT molecular complexity index is 468. The summed E-state index contributed by atoms with van der Waals surface area (Å²) in [7, 11) is 3.17. The average Bonchev–Trinajstić information content (AvgIpc) is 2.48. The molecule has 1 aliphatic carbocycles. The maximum absolute atomic E-state index is 12.3. The SMILES string of the molecule is COc1ccc(NC(=O)C2CCC(N)CC2)c(OC)c1. The van der Waals surface area contributed by atoms with Crippen molar-refractivity contribution in [3.63, 3.8) is 0 Å². The lowest BCUT2D eigenvalue weighted by molar-refractivity contribution is -0.120. The molecule has 0 aromatic heterocycles. The third-order valence-corrected chi connectivity index (χ3v) is 3.81. The van der Waals surface area contributed by atoms with Crippen LogP contribution in [0.25, 0.3) is 0 Å². The minimum Gasteiger partial charge on any atom is -0.497 e. The molecule has 5 heteroatoms. The molecule has 0 atom stereocenters. The van der Waals surface area contributed by atoms with Gasteiger partial charge < -0.3 is 20.5 Å². The Labute approximate surface area is 119 Å². The van der Waals surface area contributed by atoms with Crippen LogP contribution >= 0.6 is 0 Å². The Balaban J connectivity index is 2.03. The van der Waals surface area contributed by atoms with Crippen LogP contribution in [0.2, 0.25) is 0 Å². The van der Waals surface area contributed by atoms with E-state index >= 15 is 0 Å².